The zero-order valence-corrected chi connectivity index (χ0v) is 37.5. The van der Waals surface area contributed by atoms with Crippen LogP contribution in [0.2, 0.25) is 0 Å². The molecule has 0 amide bonds. The van der Waals surface area contributed by atoms with Gasteiger partial charge in [-0.3, -0.25) is 4.57 Å². The van der Waals surface area contributed by atoms with Gasteiger partial charge in [-0.15, -0.1) is 0 Å². The molecule has 10 aromatic carbocycles. The fraction of sp³-hybridized carbons (Fsp3) is 0. The standard InChI is InChI=1S/C63H38N6O/c1-3-19-39(20-4-1)61-64-62(66-63(65-61)69-51-33-12-7-23-41(51)42-24-8-13-34-52(42)69)49-31-16-30-48-57-44(27-17-38-56(57)70-60(48)49)46-29-15-28-45-43-25-9-11-32-50(43)68(59(45)46)55-37-18-36-54-58(55)47-26-10-14-35-53(47)67(54)40-21-5-2-6-22-40/h1-38H. The lowest BCUT2D eigenvalue weighted by atomic mass is 9.96. The van der Waals surface area contributed by atoms with Crippen LogP contribution in [0.5, 0.6) is 0 Å². The van der Waals surface area contributed by atoms with Crippen LogP contribution in [0, 0.1) is 0 Å². The van der Waals surface area contributed by atoms with E-state index in [9.17, 15) is 0 Å². The first-order chi connectivity index (χ1) is 34.8. The maximum atomic E-state index is 7.04. The van der Waals surface area contributed by atoms with Gasteiger partial charge in [-0.2, -0.15) is 9.97 Å². The summed E-state index contributed by atoms with van der Waals surface area (Å²) in [5.41, 5.74) is 14.3. The van der Waals surface area contributed by atoms with Crippen LogP contribution in [-0.2, 0) is 0 Å². The summed E-state index contributed by atoms with van der Waals surface area (Å²) in [6.45, 7) is 0. The van der Waals surface area contributed by atoms with Gasteiger partial charge in [-0.05, 0) is 66.2 Å². The lowest BCUT2D eigenvalue weighted by Crippen LogP contribution is -2.06. The van der Waals surface area contributed by atoms with Crippen molar-refractivity contribution in [2.24, 2.45) is 0 Å². The fourth-order valence-corrected chi connectivity index (χ4v) is 11.2. The van der Waals surface area contributed by atoms with Crippen LogP contribution >= 0.6 is 0 Å². The van der Waals surface area contributed by atoms with Crippen LogP contribution in [0.3, 0.4) is 0 Å². The van der Waals surface area contributed by atoms with Crippen LogP contribution in [-0.4, -0.2) is 28.7 Å². The topological polar surface area (TPSA) is 66.6 Å². The van der Waals surface area contributed by atoms with Crippen molar-refractivity contribution in [3.8, 4) is 51.2 Å². The number of nitrogens with zero attached hydrogens (tertiary/aromatic N) is 6. The summed E-state index contributed by atoms with van der Waals surface area (Å²) in [4.78, 5) is 15.7. The summed E-state index contributed by atoms with van der Waals surface area (Å²) in [5.74, 6) is 1.65. The van der Waals surface area contributed by atoms with E-state index < -0.39 is 0 Å². The molecule has 7 heteroatoms. The van der Waals surface area contributed by atoms with Gasteiger partial charge in [-0.1, -0.05) is 170 Å². The average Bonchev–Trinajstić information content (AvgIpc) is 4.18. The summed E-state index contributed by atoms with van der Waals surface area (Å²) in [6, 6.07) is 81.4. The second-order valence-electron chi connectivity index (χ2n) is 17.9. The summed E-state index contributed by atoms with van der Waals surface area (Å²) in [6.07, 6.45) is 0. The smallest absolute Gasteiger partial charge is 0.238 e. The molecule has 0 saturated heterocycles. The number of furan rings is 1. The SMILES string of the molecule is c1ccc(-c2nc(-c3cccc4c3oc3cccc(-c5cccc6c7ccccc7n(-c7cccc8c7c7ccccc7n8-c7ccccc7)c56)c34)nc(-n3c4ccccc4c4ccccc43)n2)cc1. The molecule has 0 N–H and O–H groups in total. The Bertz CT molecular complexity index is 4540. The molecule has 0 saturated carbocycles. The number of hydrogen-bond donors (Lipinski definition) is 0. The van der Waals surface area contributed by atoms with E-state index in [1.54, 1.807) is 0 Å². The average molecular weight is 895 g/mol. The Hall–Kier alpha value is -9.59. The van der Waals surface area contributed by atoms with E-state index in [2.05, 4.69) is 214 Å². The summed E-state index contributed by atoms with van der Waals surface area (Å²) >= 11 is 0. The third kappa shape index (κ3) is 5.54. The molecule has 0 aliphatic rings. The van der Waals surface area contributed by atoms with Gasteiger partial charge in [0.2, 0.25) is 5.95 Å². The lowest BCUT2D eigenvalue weighted by Gasteiger charge is -2.14. The highest BCUT2D eigenvalue weighted by atomic mass is 16.3. The van der Waals surface area contributed by atoms with Crippen molar-refractivity contribution in [3.63, 3.8) is 0 Å². The normalized spacial score (nSPS) is 12.0. The van der Waals surface area contributed by atoms with Gasteiger partial charge in [0.1, 0.15) is 11.2 Å². The van der Waals surface area contributed by atoms with E-state index in [0.29, 0.717) is 17.6 Å². The van der Waals surface area contributed by atoms with E-state index in [4.69, 9.17) is 19.4 Å². The van der Waals surface area contributed by atoms with Gasteiger partial charge in [0, 0.05) is 59.9 Å². The van der Waals surface area contributed by atoms with Gasteiger partial charge >= 0.3 is 0 Å². The molecule has 0 aliphatic heterocycles. The molecular weight excluding hydrogens is 857 g/mol. The highest BCUT2D eigenvalue weighted by molar-refractivity contribution is 6.22. The molecule has 0 radical (unpaired) electrons. The maximum absolute atomic E-state index is 7.04. The molecule has 0 spiro atoms. The van der Waals surface area contributed by atoms with Crippen molar-refractivity contribution in [1.82, 2.24) is 28.7 Å². The minimum absolute atomic E-state index is 0.530. The molecule has 0 fully saturated rings. The lowest BCUT2D eigenvalue weighted by molar-refractivity contribution is 0.669. The van der Waals surface area contributed by atoms with E-state index >= 15 is 0 Å². The molecule has 326 valence electrons. The van der Waals surface area contributed by atoms with Gasteiger partial charge in [-0.25, -0.2) is 4.98 Å². The highest BCUT2D eigenvalue weighted by Gasteiger charge is 2.25. The van der Waals surface area contributed by atoms with Crippen molar-refractivity contribution < 1.29 is 4.42 Å². The Morgan fingerprint density at radius 1 is 0.314 bits per heavy atom. The first-order valence-corrected chi connectivity index (χ1v) is 23.6. The summed E-state index contributed by atoms with van der Waals surface area (Å²) in [5, 5.41) is 9.06. The zero-order valence-electron chi connectivity index (χ0n) is 37.5. The fourth-order valence-electron chi connectivity index (χ4n) is 11.2. The van der Waals surface area contributed by atoms with Crippen molar-refractivity contribution in [3.05, 3.63) is 231 Å². The Kier molecular flexibility index (Phi) is 8.23. The third-order valence-corrected chi connectivity index (χ3v) is 14.1. The molecule has 0 aliphatic carbocycles. The largest absolute Gasteiger partial charge is 0.455 e. The molecule has 70 heavy (non-hydrogen) atoms. The Morgan fingerprint density at radius 2 is 0.829 bits per heavy atom. The van der Waals surface area contributed by atoms with Crippen molar-refractivity contribution in [1.29, 1.82) is 0 Å². The maximum Gasteiger partial charge on any atom is 0.238 e. The van der Waals surface area contributed by atoms with Gasteiger partial charge in [0.05, 0.1) is 44.4 Å². The van der Waals surface area contributed by atoms with Crippen LogP contribution < -0.4 is 0 Å². The second kappa shape index (κ2) is 15.0. The van der Waals surface area contributed by atoms with Crippen LogP contribution in [0.15, 0.2) is 235 Å². The third-order valence-electron chi connectivity index (χ3n) is 14.1. The molecule has 5 aromatic heterocycles. The van der Waals surface area contributed by atoms with Crippen LogP contribution in [0.1, 0.15) is 0 Å². The number of para-hydroxylation sites is 7. The first kappa shape index (κ1) is 38.5. The molecule has 0 unspecified atom stereocenters. The number of rotatable bonds is 6. The molecule has 5 heterocycles. The van der Waals surface area contributed by atoms with Crippen LogP contribution in [0.25, 0.3) is 139 Å². The molecule has 0 bridgehead atoms. The second-order valence-corrected chi connectivity index (χ2v) is 17.9. The molecule has 15 rings (SSSR count). The van der Waals surface area contributed by atoms with E-state index in [1.165, 1.54) is 27.1 Å². The summed E-state index contributed by atoms with van der Waals surface area (Å²) in [7, 11) is 0. The number of fused-ring (bicyclic) bond motifs is 12. The van der Waals surface area contributed by atoms with Gasteiger partial charge in [0.15, 0.2) is 11.6 Å². The Balaban J connectivity index is 0.986. The van der Waals surface area contributed by atoms with Crippen LogP contribution in [0.4, 0.5) is 0 Å². The van der Waals surface area contributed by atoms with E-state index in [1.807, 2.05) is 30.3 Å². The van der Waals surface area contributed by atoms with Crippen molar-refractivity contribution in [2.45, 2.75) is 0 Å². The van der Waals surface area contributed by atoms with Gasteiger partial charge in [0.25, 0.3) is 0 Å². The van der Waals surface area contributed by atoms with Crippen molar-refractivity contribution in [2.75, 3.05) is 0 Å². The molecular formula is C63H38N6O. The predicted molar refractivity (Wildman–Crippen MR) is 286 cm³/mol. The Labute approximate surface area is 400 Å². The van der Waals surface area contributed by atoms with Gasteiger partial charge < -0.3 is 13.6 Å². The molecule has 0 atom stereocenters. The minimum atomic E-state index is 0.530. The molecule has 15 aromatic rings. The minimum Gasteiger partial charge on any atom is -0.455 e. The quantitative estimate of drug-likeness (QED) is 0.167. The zero-order chi connectivity index (χ0) is 45.9. The number of aromatic nitrogens is 6. The van der Waals surface area contributed by atoms with Crippen molar-refractivity contribution >= 4 is 87.4 Å². The number of hydrogen-bond acceptors (Lipinski definition) is 4. The Morgan fingerprint density at radius 3 is 1.56 bits per heavy atom. The first-order valence-electron chi connectivity index (χ1n) is 23.6. The van der Waals surface area contributed by atoms with E-state index in [0.717, 1.165) is 93.9 Å². The number of benzene rings is 10. The summed E-state index contributed by atoms with van der Waals surface area (Å²) < 4.78 is 14.1. The van der Waals surface area contributed by atoms with E-state index in [-0.39, 0.29) is 0 Å². The monoisotopic (exact) mass is 894 g/mol. The predicted octanol–water partition coefficient (Wildman–Crippen LogP) is 16.1. The highest BCUT2D eigenvalue weighted by Crippen LogP contribution is 2.46. The molecule has 7 nitrogen and oxygen atoms in total.